The van der Waals surface area contributed by atoms with E-state index in [1.807, 2.05) is 0 Å². The summed E-state index contributed by atoms with van der Waals surface area (Å²) in [6, 6.07) is 5.18. The maximum absolute atomic E-state index is 12.9. The van der Waals surface area contributed by atoms with Gasteiger partial charge in [0.2, 0.25) is 5.91 Å². The Bertz CT molecular complexity index is 773. The SMILES string of the molecule is CC[C@@]1(c2ccc(Cl)cc2)NC(=O)N(CC(=O)NC(=O)NC(C)(C)C)C1=O. The zero-order valence-corrected chi connectivity index (χ0v) is 16.4. The molecule has 1 atom stereocenters. The summed E-state index contributed by atoms with van der Waals surface area (Å²) >= 11 is 5.89. The molecule has 1 heterocycles. The molecule has 1 aromatic carbocycles. The summed E-state index contributed by atoms with van der Waals surface area (Å²) in [5, 5.41) is 7.85. The van der Waals surface area contributed by atoms with Gasteiger partial charge in [-0.05, 0) is 44.9 Å². The van der Waals surface area contributed by atoms with E-state index in [4.69, 9.17) is 11.6 Å². The van der Waals surface area contributed by atoms with Crippen molar-refractivity contribution < 1.29 is 19.2 Å². The fourth-order valence-corrected chi connectivity index (χ4v) is 2.95. The molecule has 0 aliphatic carbocycles. The first-order valence-electron chi connectivity index (χ1n) is 8.50. The van der Waals surface area contributed by atoms with Crippen LogP contribution in [0.2, 0.25) is 5.02 Å². The van der Waals surface area contributed by atoms with Gasteiger partial charge in [-0.2, -0.15) is 0 Å². The molecule has 0 radical (unpaired) electrons. The second kappa shape index (κ2) is 7.56. The zero-order valence-electron chi connectivity index (χ0n) is 15.7. The smallest absolute Gasteiger partial charge is 0.325 e. The minimum absolute atomic E-state index is 0.293. The van der Waals surface area contributed by atoms with E-state index in [1.54, 1.807) is 52.0 Å². The Labute approximate surface area is 162 Å². The summed E-state index contributed by atoms with van der Waals surface area (Å²) in [6.45, 7) is 6.48. The van der Waals surface area contributed by atoms with E-state index in [2.05, 4.69) is 16.0 Å². The lowest BCUT2D eigenvalue weighted by Gasteiger charge is -2.25. The Balaban J connectivity index is 2.14. The highest BCUT2D eigenvalue weighted by Gasteiger charge is 2.51. The van der Waals surface area contributed by atoms with Crippen molar-refractivity contribution >= 4 is 35.5 Å². The number of carbonyl (C=O) groups excluding carboxylic acids is 4. The third-order valence-corrected chi connectivity index (χ3v) is 4.34. The Morgan fingerprint density at radius 2 is 1.78 bits per heavy atom. The van der Waals surface area contributed by atoms with Gasteiger partial charge in [-0.25, -0.2) is 9.59 Å². The van der Waals surface area contributed by atoms with Gasteiger partial charge in [-0.3, -0.25) is 19.8 Å². The number of carbonyl (C=O) groups is 4. The molecule has 9 heteroatoms. The summed E-state index contributed by atoms with van der Waals surface area (Å²) in [5.41, 5.74) is -1.23. The van der Waals surface area contributed by atoms with Gasteiger partial charge in [0.05, 0.1) is 0 Å². The van der Waals surface area contributed by atoms with Crippen LogP contribution in [-0.4, -0.2) is 40.9 Å². The van der Waals surface area contributed by atoms with Crippen LogP contribution >= 0.6 is 11.6 Å². The van der Waals surface area contributed by atoms with Crippen LogP contribution < -0.4 is 16.0 Å². The molecule has 2 rings (SSSR count). The van der Waals surface area contributed by atoms with E-state index in [0.29, 0.717) is 17.0 Å². The molecule has 1 aliphatic rings. The number of hydrogen-bond acceptors (Lipinski definition) is 4. The molecule has 6 amide bonds. The fraction of sp³-hybridized carbons (Fsp3) is 0.444. The topological polar surface area (TPSA) is 108 Å². The van der Waals surface area contributed by atoms with Gasteiger partial charge in [0.15, 0.2) is 0 Å². The van der Waals surface area contributed by atoms with Crippen molar-refractivity contribution in [2.45, 2.75) is 45.2 Å². The molecule has 0 aromatic heterocycles. The average molecular weight is 395 g/mol. The Kier molecular flexibility index (Phi) is 5.79. The number of imide groups is 2. The third-order valence-electron chi connectivity index (χ3n) is 4.09. The van der Waals surface area contributed by atoms with Crippen LogP contribution in [0.4, 0.5) is 9.59 Å². The predicted octanol–water partition coefficient (Wildman–Crippen LogP) is 2.12. The maximum atomic E-state index is 12.9. The fourth-order valence-electron chi connectivity index (χ4n) is 2.83. The Morgan fingerprint density at radius 3 is 2.30 bits per heavy atom. The number of benzene rings is 1. The highest BCUT2D eigenvalue weighted by atomic mass is 35.5. The summed E-state index contributed by atoms with van der Waals surface area (Å²) in [6.07, 6.45) is 0.293. The van der Waals surface area contributed by atoms with Gasteiger partial charge in [-0.1, -0.05) is 30.7 Å². The second-order valence-electron chi connectivity index (χ2n) is 7.34. The molecule has 0 saturated carbocycles. The van der Waals surface area contributed by atoms with E-state index in [1.165, 1.54) is 0 Å². The number of nitrogens with zero attached hydrogens (tertiary/aromatic N) is 1. The van der Waals surface area contributed by atoms with Gasteiger partial charge in [0.1, 0.15) is 12.1 Å². The summed E-state index contributed by atoms with van der Waals surface area (Å²) in [7, 11) is 0. The number of nitrogens with one attached hydrogen (secondary N) is 3. The number of rotatable bonds is 4. The predicted molar refractivity (Wildman–Crippen MR) is 100 cm³/mol. The molecular weight excluding hydrogens is 372 g/mol. The van der Waals surface area contributed by atoms with Crippen molar-refractivity contribution in [1.82, 2.24) is 20.9 Å². The molecule has 0 bridgehead atoms. The first-order chi connectivity index (χ1) is 12.5. The molecular formula is C18H23ClN4O4. The van der Waals surface area contributed by atoms with E-state index in [9.17, 15) is 19.2 Å². The average Bonchev–Trinajstić information content (AvgIpc) is 2.78. The number of halogens is 1. The van der Waals surface area contributed by atoms with Gasteiger partial charge in [-0.15, -0.1) is 0 Å². The van der Waals surface area contributed by atoms with Crippen LogP contribution in [0.25, 0.3) is 0 Å². The third kappa shape index (κ3) is 4.57. The number of hydrogen-bond donors (Lipinski definition) is 3. The minimum atomic E-state index is -1.27. The van der Waals surface area contributed by atoms with Gasteiger partial charge in [0, 0.05) is 10.6 Å². The van der Waals surface area contributed by atoms with Crippen LogP contribution in [-0.2, 0) is 15.1 Å². The molecule has 1 saturated heterocycles. The highest BCUT2D eigenvalue weighted by molar-refractivity contribution is 6.30. The monoisotopic (exact) mass is 394 g/mol. The summed E-state index contributed by atoms with van der Waals surface area (Å²) in [4.78, 5) is 50.0. The second-order valence-corrected chi connectivity index (χ2v) is 7.78. The highest BCUT2D eigenvalue weighted by Crippen LogP contribution is 2.32. The normalized spacial score (nSPS) is 19.7. The minimum Gasteiger partial charge on any atom is -0.333 e. The lowest BCUT2D eigenvalue weighted by Crippen LogP contribution is -2.51. The number of urea groups is 2. The molecule has 8 nitrogen and oxygen atoms in total. The Morgan fingerprint density at radius 1 is 1.19 bits per heavy atom. The lowest BCUT2D eigenvalue weighted by molar-refractivity contribution is -0.135. The van der Waals surface area contributed by atoms with Gasteiger partial charge < -0.3 is 10.6 Å². The van der Waals surface area contributed by atoms with E-state index < -0.39 is 41.5 Å². The molecule has 1 aliphatic heterocycles. The molecule has 146 valence electrons. The standard InChI is InChI=1S/C18H23ClN4O4/c1-5-18(11-6-8-12(19)9-7-11)14(25)23(16(27)22-18)10-13(24)20-15(26)21-17(2,3)4/h6-9H,5,10H2,1-4H3,(H,22,27)(H2,20,21,24,26)/t18-/m0/s1. The van der Waals surface area contributed by atoms with E-state index in [0.717, 1.165) is 4.90 Å². The summed E-state index contributed by atoms with van der Waals surface area (Å²) < 4.78 is 0. The molecule has 3 N–H and O–H groups in total. The molecule has 0 spiro atoms. The van der Waals surface area contributed by atoms with E-state index in [-0.39, 0.29) is 0 Å². The van der Waals surface area contributed by atoms with Crippen molar-refractivity contribution in [1.29, 1.82) is 0 Å². The van der Waals surface area contributed by atoms with E-state index >= 15 is 0 Å². The maximum Gasteiger partial charge on any atom is 0.325 e. The van der Waals surface area contributed by atoms with Gasteiger partial charge >= 0.3 is 12.1 Å². The quantitative estimate of drug-likeness (QED) is 0.680. The van der Waals surface area contributed by atoms with Crippen molar-refractivity contribution in [3.8, 4) is 0 Å². The van der Waals surface area contributed by atoms with Crippen LogP contribution in [0.15, 0.2) is 24.3 Å². The molecule has 27 heavy (non-hydrogen) atoms. The largest absolute Gasteiger partial charge is 0.333 e. The zero-order chi connectivity index (χ0) is 20.4. The first-order valence-corrected chi connectivity index (χ1v) is 8.88. The Hall–Kier alpha value is -2.61. The molecule has 1 fully saturated rings. The van der Waals surface area contributed by atoms with Crippen molar-refractivity contribution in [3.05, 3.63) is 34.9 Å². The van der Waals surface area contributed by atoms with Crippen LogP contribution in [0.5, 0.6) is 0 Å². The van der Waals surface area contributed by atoms with Crippen LogP contribution in [0.1, 0.15) is 39.7 Å². The number of amides is 6. The van der Waals surface area contributed by atoms with Gasteiger partial charge in [0.25, 0.3) is 5.91 Å². The molecule has 0 unspecified atom stereocenters. The summed E-state index contributed by atoms with van der Waals surface area (Å²) in [5.74, 6) is -1.31. The first kappa shape index (κ1) is 20.7. The van der Waals surface area contributed by atoms with Crippen molar-refractivity contribution in [3.63, 3.8) is 0 Å². The molecule has 1 aromatic rings. The lowest BCUT2D eigenvalue weighted by atomic mass is 9.87. The van der Waals surface area contributed by atoms with Crippen LogP contribution in [0.3, 0.4) is 0 Å². The van der Waals surface area contributed by atoms with Crippen molar-refractivity contribution in [2.75, 3.05) is 6.54 Å². The van der Waals surface area contributed by atoms with Crippen LogP contribution in [0, 0.1) is 0 Å². The van der Waals surface area contributed by atoms with Crippen molar-refractivity contribution in [2.24, 2.45) is 0 Å².